The number of aliphatic hydroxyl groups is 1. The topological polar surface area (TPSA) is 111 Å². The van der Waals surface area contributed by atoms with E-state index in [1.165, 1.54) is 24.4 Å². The Morgan fingerprint density at radius 1 is 1.12 bits per heavy atom. The molecule has 3 heterocycles. The van der Waals surface area contributed by atoms with E-state index in [-0.39, 0.29) is 23.2 Å². The fourth-order valence-electron chi connectivity index (χ4n) is 4.68. The lowest BCUT2D eigenvalue weighted by Gasteiger charge is -2.38. The number of nitrogens with zero attached hydrogens (tertiary/aromatic N) is 6. The maximum absolute atomic E-state index is 15.2. The number of carbonyl (C=O) groups excluding carboxylic acids is 1. The molecule has 10 nitrogen and oxygen atoms in total. The summed E-state index contributed by atoms with van der Waals surface area (Å²) in [6.07, 6.45) is 4.23. The van der Waals surface area contributed by atoms with Crippen LogP contribution >= 0.6 is 0 Å². The Bertz CT molecular complexity index is 1560. The molecule has 1 saturated heterocycles. The predicted octanol–water partition coefficient (Wildman–Crippen LogP) is 3.85. The van der Waals surface area contributed by atoms with Gasteiger partial charge in [0.15, 0.2) is 17.3 Å². The van der Waals surface area contributed by atoms with Crippen molar-refractivity contribution < 1.29 is 18.7 Å². The van der Waals surface area contributed by atoms with E-state index in [4.69, 9.17) is 0 Å². The summed E-state index contributed by atoms with van der Waals surface area (Å²) in [7, 11) is 0. The molecule has 0 aliphatic carbocycles. The van der Waals surface area contributed by atoms with Crippen molar-refractivity contribution in [1.29, 1.82) is 0 Å². The van der Waals surface area contributed by atoms with Crippen LogP contribution in [0.2, 0.25) is 0 Å². The molecule has 2 aromatic carbocycles. The van der Waals surface area contributed by atoms with Crippen molar-refractivity contribution in [3.63, 3.8) is 0 Å². The molecule has 2 aromatic heterocycles. The van der Waals surface area contributed by atoms with E-state index in [2.05, 4.69) is 37.1 Å². The van der Waals surface area contributed by atoms with Gasteiger partial charge in [0.1, 0.15) is 11.8 Å². The highest BCUT2D eigenvalue weighted by molar-refractivity contribution is 5.99. The van der Waals surface area contributed by atoms with E-state index in [9.17, 15) is 9.90 Å². The largest absolute Gasteiger partial charge is 0.389 e. The van der Waals surface area contributed by atoms with Gasteiger partial charge >= 0.3 is 0 Å². The Morgan fingerprint density at radius 2 is 1.90 bits per heavy atom. The van der Waals surface area contributed by atoms with Crippen LogP contribution in [0.1, 0.15) is 13.8 Å². The third-order valence-electron chi connectivity index (χ3n) is 6.50. The standard InChI is InChI=1S/C28H30F2N8O2/c1-4-23(39)33-18-6-5-7-19(14-18)38-17-32-21-15-31-27(35-26(21)38)34-20-8-9-22(25(30)24(20)29)37-12-10-36(11-13-37)16-28(2,3)40/h4-9,14-15,17,40H,1,10-13,16H2,2-3H3,(H,33,39)(H,31,34,35). The van der Waals surface area contributed by atoms with Crippen molar-refractivity contribution in [1.82, 2.24) is 24.4 Å². The van der Waals surface area contributed by atoms with E-state index < -0.39 is 17.2 Å². The summed E-state index contributed by atoms with van der Waals surface area (Å²) in [5.41, 5.74) is 1.45. The van der Waals surface area contributed by atoms with Crippen molar-refractivity contribution in [3.05, 3.63) is 73.2 Å². The number of fused-ring (bicyclic) bond motifs is 1. The van der Waals surface area contributed by atoms with Crippen molar-refractivity contribution >= 4 is 40.1 Å². The van der Waals surface area contributed by atoms with Crippen LogP contribution in [0.15, 0.2) is 61.6 Å². The normalized spacial score (nSPS) is 14.4. The molecule has 0 bridgehead atoms. The summed E-state index contributed by atoms with van der Waals surface area (Å²) in [5.74, 6) is -2.25. The number of piperazine rings is 1. The highest BCUT2D eigenvalue weighted by Gasteiger charge is 2.25. The average Bonchev–Trinajstić information content (AvgIpc) is 3.35. The summed E-state index contributed by atoms with van der Waals surface area (Å²) in [5, 5.41) is 15.5. The molecule has 5 rings (SSSR count). The second-order valence-corrected chi connectivity index (χ2v) is 10.2. The lowest BCUT2D eigenvalue weighted by molar-refractivity contribution is -0.111. The van der Waals surface area contributed by atoms with E-state index in [0.717, 1.165) is 0 Å². The van der Waals surface area contributed by atoms with Gasteiger partial charge in [0.05, 0.1) is 28.9 Å². The molecule has 1 fully saturated rings. The quantitative estimate of drug-likeness (QED) is 0.285. The molecule has 40 heavy (non-hydrogen) atoms. The Morgan fingerprint density at radius 3 is 2.62 bits per heavy atom. The molecule has 0 unspecified atom stereocenters. The number of aromatic nitrogens is 4. The number of amides is 1. The minimum Gasteiger partial charge on any atom is -0.389 e. The first kappa shape index (κ1) is 27.2. The summed E-state index contributed by atoms with van der Waals surface area (Å²) in [4.78, 5) is 28.6. The number of rotatable bonds is 8. The first-order valence-electron chi connectivity index (χ1n) is 12.8. The number of hydrogen-bond donors (Lipinski definition) is 3. The molecule has 0 atom stereocenters. The third kappa shape index (κ3) is 5.92. The first-order chi connectivity index (χ1) is 19.1. The van der Waals surface area contributed by atoms with E-state index in [1.54, 1.807) is 47.8 Å². The van der Waals surface area contributed by atoms with Crippen LogP contribution in [-0.4, -0.2) is 73.8 Å². The molecule has 12 heteroatoms. The van der Waals surface area contributed by atoms with Crippen molar-refractivity contribution in [2.24, 2.45) is 0 Å². The Kier molecular flexibility index (Phi) is 7.46. The maximum atomic E-state index is 15.2. The van der Waals surface area contributed by atoms with Crippen molar-refractivity contribution in [2.75, 3.05) is 48.3 Å². The van der Waals surface area contributed by atoms with Gasteiger partial charge in [-0.3, -0.25) is 14.3 Å². The van der Waals surface area contributed by atoms with Crippen molar-refractivity contribution in [3.8, 4) is 5.69 Å². The van der Waals surface area contributed by atoms with Gasteiger partial charge in [0.25, 0.3) is 0 Å². The molecule has 0 spiro atoms. The number of benzene rings is 2. The molecular formula is C28H30F2N8O2. The predicted molar refractivity (Wildman–Crippen MR) is 150 cm³/mol. The van der Waals surface area contributed by atoms with Crippen LogP contribution in [0.25, 0.3) is 16.9 Å². The van der Waals surface area contributed by atoms with Crippen molar-refractivity contribution in [2.45, 2.75) is 19.4 Å². The first-order valence-corrected chi connectivity index (χ1v) is 12.8. The minimum absolute atomic E-state index is 0.0663. The molecule has 0 saturated carbocycles. The maximum Gasteiger partial charge on any atom is 0.247 e. The zero-order valence-electron chi connectivity index (χ0n) is 22.2. The van der Waals surface area contributed by atoms with Gasteiger partial charge in [-0.25, -0.2) is 18.7 Å². The molecule has 1 amide bonds. The highest BCUT2D eigenvalue weighted by Crippen LogP contribution is 2.30. The molecule has 1 aliphatic rings. The van der Waals surface area contributed by atoms with Crippen LogP contribution in [0.4, 0.5) is 31.8 Å². The van der Waals surface area contributed by atoms with Gasteiger partial charge in [0.2, 0.25) is 11.9 Å². The number of anilines is 4. The number of halogens is 2. The Labute approximate surface area is 230 Å². The van der Waals surface area contributed by atoms with Gasteiger partial charge < -0.3 is 20.6 Å². The van der Waals surface area contributed by atoms with E-state index >= 15 is 8.78 Å². The zero-order valence-corrected chi connectivity index (χ0v) is 22.2. The molecule has 1 aliphatic heterocycles. The van der Waals surface area contributed by atoms with Gasteiger partial charge in [-0.15, -0.1) is 0 Å². The van der Waals surface area contributed by atoms with Crippen LogP contribution in [0.5, 0.6) is 0 Å². The number of β-amino-alcohol motifs (C(OH)–C–C–N with tert-alkyl or cyclic N) is 1. The molecule has 208 valence electrons. The average molecular weight is 549 g/mol. The summed E-state index contributed by atoms with van der Waals surface area (Å²) < 4.78 is 32.0. The third-order valence-corrected chi connectivity index (χ3v) is 6.50. The molecule has 0 radical (unpaired) electrons. The van der Waals surface area contributed by atoms with Crippen LogP contribution in [0.3, 0.4) is 0 Å². The number of hydrogen-bond acceptors (Lipinski definition) is 8. The lowest BCUT2D eigenvalue weighted by atomic mass is 10.1. The fraction of sp³-hybridized carbons (Fsp3) is 0.286. The van der Waals surface area contributed by atoms with Crippen LogP contribution in [-0.2, 0) is 4.79 Å². The minimum atomic E-state index is -1.03. The highest BCUT2D eigenvalue weighted by atomic mass is 19.2. The SMILES string of the molecule is C=CC(=O)Nc1cccc(-n2cnc3cnc(Nc4ccc(N5CCN(CC(C)(C)O)CC5)c(F)c4F)nc32)c1. The molecule has 4 aromatic rings. The van der Waals surface area contributed by atoms with Gasteiger partial charge in [-0.05, 0) is 50.3 Å². The second kappa shape index (κ2) is 11.0. The smallest absolute Gasteiger partial charge is 0.247 e. The monoisotopic (exact) mass is 548 g/mol. The number of carbonyl (C=O) groups is 1. The van der Waals surface area contributed by atoms with Gasteiger partial charge in [-0.1, -0.05) is 12.6 Å². The second-order valence-electron chi connectivity index (χ2n) is 10.2. The van der Waals surface area contributed by atoms with Crippen LogP contribution < -0.4 is 15.5 Å². The van der Waals surface area contributed by atoms with E-state index in [0.29, 0.717) is 55.3 Å². The molecular weight excluding hydrogens is 518 g/mol. The lowest BCUT2D eigenvalue weighted by Crippen LogP contribution is -2.50. The number of nitrogens with one attached hydrogen (secondary N) is 2. The summed E-state index contributed by atoms with van der Waals surface area (Å²) in [6.45, 7) is 9.77. The van der Waals surface area contributed by atoms with Crippen LogP contribution in [0, 0.1) is 11.6 Å². The fourth-order valence-corrected chi connectivity index (χ4v) is 4.68. The van der Waals surface area contributed by atoms with Gasteiger partial charge in [-0.2, -0.15) is 4.98 Å². The zero-order chi connectivity index (χ0) is 28.4. The van der Waals surface area contributed by atoms with E-state index in [1.807, 2.05) is 6.07 Å². The summed E-state index contributed by atoms with van der Waals surface area (Å²) in [6, 6.07) is 10.1. The van der Waals surface area contributed by atoms with Gasteiger partial charge in [0, 0.05) is 38.4 Å². The summed E-state index contributed by atoms with van der Waals surface area (Å²) >= 11 is 0. The molecule has 3 N–H and O–H groups in total. The Balaban J connectivity index is 1.34. The number of imidazole rings is 1. The Hall–Kier alpha value is -4.42.